The molecule has 0 saturated heterocycles. The van der Waals surface area contributed by atoms with E-state index in [1.807, 2.05) is 48.3 Å². The van der Waals surface area contributed by atoms with E-state index in [1.165, 1.54) is 11.1 Å². The Morgan fingerprint density at radius 3 is 2.71 bits per heavy atom. The van der Waals surface area contributed by atoms with Gasteiger partial charge in [-0.15, -0.1) is 0 Å². The lowest BCUT2D eigenvalue weighted by atomic mass is 10.1. The van der Waals surface area contributed by atoms with Crippen LogP contribution in [0.1, 0.15) is 22.7 Å². The number of hydrogen-bond acceptors (Lipinski definition) is 3. The number of aryl methyl sites for hydroxylation is 1. The summed E-state index contributed by atoms with van der Waals surface area (Å²) in [7, 11) is 1.94. The monoisotopic (exact) mass is 319 g/mol. The van der Waals surface area contributed by atoms with Gasteiger partial charge >= 0.3 is 0 Å². The van der Waals surface area contributed by atoms with Gasteiger partial charge in [0.1, 0.15) is 0 Å². The molecule has 3 aromatic rings. The van der Waals surface area contributed by atoms with E-state index in [9.17, 15) is 5.11 Å². The second-order valence-electron chi connectivity index (χ2n) is 6.37. The second-order valence-corrected chi connectivity index (χ2v) is 6.37. The van der Waals surface area contributed by atoms with E-state index in [-0.39, 0.29) is 12.1 Å². The fourth-order valence-corrected chi connectivity index (χ4v) is 3.55. The van der Waals surface area contributed by atoms with Crippen LogP contribution < -0.4 is 5.32 Å². The Labute approximate surface area is 141 Å². The highest BCUT2D eigenvalue weighted by Crippen LogP contribution is 2.32. The molecule has 24 heavy (non-hydrogen) atoms. The number of aromatic nitrogens is 2. The predicted molar refractivity (Wildman–Crippen MR) is 94.4 cm³/mol. The van der Waals surface area contributed by atoms with Gasteiger partial charge < -0.3 is 10.4 Å². The molecule has 0 aliphatic heterocycles. The molecule has 1 heterocycles. The summed E-state index contributed by atoms with van der Waals surface area (Å²) >= 11 is 0. The largest absolute Gasteiger partial charge is 0.391 e. The zero-order valence-electron chi connectivity index (χ0n) is 13.7. The van der Waals surface area contributed by atoms with E-state index in [0.717, 1.165) is 16.8 Å². The molecule has 0 amide bonds. The molecular weight excluding hydrogens is 298 g/mol. The first-order valence-corrected chi connectivity index (χ1v) is 8.29. The van der Waals surface area contributed by atoms with E-state index >= 15 is 0 Å². The lowest BCUT2D eigenvalue weighted by Gasteiger charge is -2.18. The summed E-state index contributed by atoms with van der Waals surface area (Å²) in [4.78, 5) is 0. The van der Waals surface area contributed by atoms with Crippen molar-refractivity contribution < 1.29 is 5.11 Å². The van der Waals surface area contributed by atoms with Crippen LogP contribution in [0.2, 0.25) is 0 Å². The van der Waals surface area contributed by atoms with Crippen molar-refractivity contribution in [1.82, 2.24) is 15.1 Å². The van der Waals surface area contributed by atoms with Gasteiger partial charge in [0, 0.05) is 37.3 Å². The fourth-order valence-electron chi connectivity index (χ4n) is 3.55. The van der Waals surface area contributed by atoms with Crippen molar-refractivity contribution in [3.63, 3.8) is 0 Å². The van der Waals surface area contributed by atoms with Gasteiger partial charge in [-0.1, -0.05) is 54.6 Å². The molecule has 4 rings (SSSR count). The van der Waals surface area contributed by atoms with Crippen molar-refractivity contribution in [2.75, 3.05) is 0 Å². The van der Waals surface area contributed by atoms with Crippen molar-refractivity contribution in [1.29, 1.82) is 0 Å². The molecule has 1 aliphatic rings. The Morgan fingerprint density at radius 2 is 1.88 bits per heavy atom. The molecule has 0 spiro atoms. The maximum atomic E-state index is 10.4. The number of benzene rings is 2. The SMILES string of the molecule is Cn1cc(CN[C@@H]2c3ccccc3C[C@@H]2O)c(-c2ccccc2)n1. The van der Waals surface area contributed by atoms with E-state index in [2.05, 4.69) is 34.7 Å². The van der Waals surface area contributed by atoms with Gasteiger partial charge in [0.2, 0.25) is 0 Å². The van der Waals surface area contributed by atoms with Crippen LogP contribution >= 0.6 is 0 Å². The average molecular weight is 319 g/mol. The maximum Gasteiger partial charge on any atom is 0.0967 e. The van der Waals surface area contributed by atoms with Crippen LogP contribution in [0, 0.1) is 0 Å². The fraction of sp³-hybridized carbons (Fsp3) is 0.250. The van der Waals surface area contributed by atoms with Gasteiger partial charge in [-0.3, -0.25) is 4.68 Å². The third-order valence-corrected chi connectivity index (χ3v) is 4.67. The standard InChI is InChI=1S/C20H21N3O/c1-23-13-16(19(22-23)14-7-3-2-4-8-14)12-21-20-17-10-6-5-9-15(17)11-18(20)24/h2-10,13,18,20-21,24H,11-12H2,1H3/t18-,20+/m0/s1. The summed E-state index contributed by atoms with van der Waals surface area (Å²) in [6, 6.07) is 18.5. The summed E-state index contributed by atoms with van der Waals surface area (Å²) in [5, 5.41) is 18.5. The summed E-state index contributed by atoms with van der Waals surface area (Å²) in [5.74, 6) is 0. The molecule has 4 heteroatoms. The number of nitrogens with one attached hydrogen (secondary N) is 1. The first kappa shape index (κ1) is 15.1. The number of fused-ring (bicyclic) bond motifs is 1. The molecule has 2 N–H and O–H groups in total. The molecular formula is C20H21N3O. The van der Waals surface area contributed by atoms with Crippen molar-refractivity contribution in [2.45, 2.75) is 25.1 Å². The molecule has 0 saturated carbocycles. The van der Waals surface area contributed by atoms with Crippen LogP contribution in [0.15, 0.2) is 60.8 Å². The van der Waals surface area contributed by atoms with Gasteiger partial charge in [-0.25, -0.2) is 0 Å². The number of nitrogens with zero attached hydrogens (tertiary/aromatic N) is 2. The topological polar surface area (TPSA) is 50.1 Å². The minimum Gasteiger partial charge on any atom is -0.391 e. The highest BCUT2D eigenvalue weighted by atomic mass is 16.3. The lowest BCUT2D eigenvalue weighted by molar-refractivity contribution is 0.140. The zero-order chi connectivity index (χ0) is 16.5. The minimum absolute atomic E-state index is 0.0231. The first-order chi connectivity index (χ1) is 11.7. The number of rotatable bonds is 4. The summed E-state index contributed by atoms with van der Waals surface area (Å²) < 4.78 is 1.85. The van der Waals surface area contributed by atoms with Crippen LogP contribution in [0.25, 0.3) is 11.3 Å². The lowest BCUT2D eigenvalue weighted by Crippen LogP contribution is -2.28. The molecule has 0 radical (unpaired) electrons. The molecule has 4 nitrogen and oxygen atoms in total. The smallest absolute Gasteiger partial charge is 0.0967 e. The number of aliphatic hydroxyl groups is 1. The summed E-state index contributed by atoms with van der Waals surface area (Å²) in [6.07, 6.45) is 2.38. The Balaban J connectivity index is 1.57. The third kappa shape index (κ3) is 2.75. The van der Waals surface area contributed by atoms with E-state index in [4.69, 9.17) is 0 Å². The van der Waals surface area contributed by atoms with Crippen LogP contribution in [-0.4, -0.2) is 21.0 Å². The maximum absolute atomic E-state index is 10.4. The Bertz CT molecular complexity index is 841. The van der Waals surface area contributed by atoms with Crippen LogP contribution in [0.5, 0.6) is 0 Å². The number of hydrogen-bond donors (Lipinski definition) is 2. The van der Waals surface area contributed by atoms with Gasteiger partial charge in [0.25, 0.3) is 0 Å². The summed E-state index contributed by atoms with van der Waals surface area (Å²) in [5.41, 5.74) is 5.68. The molecule has 0 bridgehead atoms. The van der Waals surface area contributed by atoms with Gasteiger partial charge in [-0.05, 0) is 11.1 Å². The zero-order valence-corrected chi connectivity index (χ0v) is 13.7. The van der Waals surface area contributed by atoms with Crippen molar-refractivity contribution in [3.8, 4) is 11.3 Å². The van der Waals surface area contributed by atoms with Crippen LogP contribution in [0.4, 0.5) is 0 Å². The minimum atomic E-state index is -0.376. The van der Waals surface area contributed by atoms with Gasteiger partial charge in [0.05, 0.1) is 17.8 Å². The van der Waals surface area contributed by atoms with Crippen molar-refractivity contribution in [2.24, 2.45) is 7.05 Å². The number of aliphatic hydroxyl groups excluding tert-OH is 1. The Morgan fingerprint density at radius 1 is 1.12 bits per heavy atom. The molecule has 0 unspecified atom stereocenters. The van der Waals surface area contributed by atoms with E-state index in [1.54, 1.807) is 0 Å². The molecule has 1 aliphatic carbocycles. The van der Waals surface area contributed by atoms with Crippen molar-refractivity contribution in [3.05, 3.63) is 77.5 Å². The molecule has 2 aromatic carbocycles. The van der Waals surface area contributed by atoms with E-state index in [0.29, 0.717) is 13.0 Å². The normalized spacial score (nSPS) is 19.4. The third-order valence-electron chi connectivity index (χ3n) is 4.67. The molecule has 1 aromatic heterocycles. The Kier molecular flexibility index (Phi) is 3.92. The highest BCUT2D eigenvalue weighted by Gasteiger charge is 2.30. The quantitative estimate of drug-likeness (QED) is 0.777. The van der Waals surface area contributed by atoms with E-state index < -0.39 is 0 Å². The van der Waals surface area contributed by atoms with Gasteiger partial charge in [0.15, 0.2) is 0 Å². The van der Waals surface area contributed by atoms with Crippen molar-refractivity contribution >= 4 is 0 Å². The molecule has 122 valence electrons. The highest BCUT2D eigenvalue weighted by molar-refractivity contribution is 5.62. The molecule has 2 atom stereocenters. The molecule has 0 fully saturated rings. The van der Waals surface area contributed by atoms with Gasteiger partial charge in [-0.2, -0.15) is 5.10 Å². The second kappa shape index (κ2) is 6.23. The first-order valence-electron chi connectivity index (χ1n) is 8.29. The Hall–Kier alpha value is -2.43. The average Bonchev–Trinajstić information content (AvgIpc) is 3.13. The van der Waals surface area contributed by atoms with Crippen LogP contribution in [0.3, 0.4) is 0 Å². The summed E-state index contributed by atoms with van der Waals surface area (Å²) in [6.45, 7) is 0.675. The van der Waals surface area contributed by atoms with Crippen LogP contribution in [-0.2, 0) is 20.0 Å². The predicted octanol–water partition coefficient (Wildman–Crippen LogP) is 2.84.